The first-order chi connectivity index (χ1) is 6.62. The molecule has 0 aromatic carbocycles. The Balaban J connectivity index is 0. The zero-order valence-electron chi connectivity index (χ0n) is 8.57. The highest BCUT2D eigenvalue weighted by atomic mass is 32.2. The van der Waals surface area contributed by atoms with E-state index in [1.165, 1.54) is 6.08 Å². The van der Waals surface area contributed by atoms with Crippen molar-refractivity contribution in [2.75, 3.05) is 12.4 Å². The second-order valence-electron chi connectivity index (χ2n) is 2.54. The lowest BCUT2D eigenvalue weighted by Crippen LogP contribution is -2.10. The van der Waals surface area contributed by atoms with E-state index in [2.05, 4.69) is 10.8 Å². The summed E-state index contributed by atoms with van der Waals surface area (Å²) < 4.78 is 26.6. The Hall–Kier alpha value is -0.680. The second-order valence-corrected chi connectivity index (χ2v) is 4.30. The van der Waals surface area contributed by atoms with Crippen LogP contribution in [0.2, 0.25) is 0 Å². The van der Waals surface area contributed by atoms with E-state index in [1.54, 1.807) is 0 Å². The van der Waals surface area contributed by atoms with Crippen molar-refractivity contribution in [2.24, 2.45) is 0 Å². The quantitative estimate of drug-likeness (QED) is 0.372. The van der Waals surface area contributed by atoms with Crippen molar-refractivity contribution < 1.29 is 17.4 Å². The van der Waals surface area contributed by atoms with E-state index in [-0.39, 0.29) is 12.4 Å². The first kappa shape index (κ1) is 15.8. The van der Waals surface area contributed by atoms with Gasteiger partial charge in [-0.2, -0.15) is 8.42 Å². The van der Waals surface area contributed by atoms with Gasteiger partial charge in [0.05, 0.1) is 12.4 Å². The molecule has 0 aromatic heterocycles. The Morgan fingerprint density at radius 3 is 2.29 bits per heavy atom. The summed E-state index contributed by atoms with van der Waals surface area (Å²) in [6.07, 6.45) is 4.04. The van der Waals surface area contributed by atoms with Crippen molar-refractivity contribution in [1.29, 1.82) is 0 Å². The Labute approximate surface area is 86.1 Å². The maximum Gasteiger partial charge on any atom is 0.267 e. The van der Waals surface area contributed by atoms with E-state index < -0.39 is 10.1 Å². The Morgan fingerprint density at radius 2 is 1.86 bits per heavy atom. The van der Waals surface area contributed by atoms with Gasteiger partial charge in [-0.05, 0) is 6.42 Å². The van der Waals surface area contributed by atoms with Crippen LogP contribution >= 0.6 is 0 Å². The van der Waals surface area contributed by atoms with Crippen molar-refractivity contribution in [3.05, 3.63) is 12.7 Å². The van der Waals surface area contributed by atoms with E-state index in [1.807, 2.05) is 13.7 Å². The molecule has 0 radical (unpaired) electrons. The van der Waals surface area contributed by atoms with Crippen molar-refractivity contribution in [3.8, 4) is 0 Å². The summed E-state index contributed by atoms with van der Waals surface area (Å²) in [5.41, 5.74) is 0. The molecule has 0 aliphatic rings. The third-order valence-corrected chi connectivity index (χ3v) is 2.65. The van der Waals surface area contributed by atoms with Crippen LogP contribution in [0.5, 0.6) is 0 Å². The molecule has 0 amide bonds. The first-order valence-electron chi connectivity index (χ1n) is 4.39. The SMILES string of the molecule is C=CCOS(=O)(=O)CCCCC.C=O. The van der Waals surface area contributed by atoms with Crippen molar-refractivity contribution in [1.82, 2.24) is 0 Å². The van der Waals surface area contributed by atoms with Crippen molar-refractivity contribution in [2.45, 2.75) is 26.2 Å². The van der Waals surface area contributed by atoms with Gasteiger partial charge in [-0.25, -0.2) is 0 Å². The minimum atomic E-state index is -3.29. The van der Waals surface area contributed by atoms with Crippen molar-refractivity contribution in [3.63, 3.8) is 0 Å². The summed E-state index contributed by atoms with van der Waals surface area (Å²) >= 11 is 0. The van der Waals surface area contributed by atoms with Crippen LogP contribution in [0.15, 0.2) is 12.7 Å². The molecule has 14 heavy (non-hydrogen) atoms. The number of carbonyl (C=O) groups is 1. The van der Waals surface area contributed by atoms with Crippen LogP contribution in [0, 0.1) is 0 Å². The summed E-state index contributed by atoms with van der Waals surface area (Å²) in [7, 11) is -3.29. The van der Waals surface area contributed by atoms with Gasteiger partial charge in [0.1, 0.15) is 6.79 Å². The number of hydrogen-bond donors (Lipinski definition) is 0. The van der Waals surface area contributed by atoms with Gasteiger partial charge in [0.2, 0.25) is 0 Å². The van der Waals surface area contributed by atoms with Crippen LogP contribution in [0.3, 0.4) is 0 Å². The Kier molecular flexibility index (Phi) is 11.7. The molecule has 0 aromatic rings. The van der Waals surface area contributed by atoms with Gasteiger partial charge in [-0.15, -0.1) is 6.58 Å². The smallest absolute Gasteiger partial charge is 0.267 e. The molecule has 0 heterocycles. The summed E-state index contributed by atoms with van der Waals surface area (Å²) in [5.74, 6) is 0.120. The third-order valence-electron chi connectivity index (χ3n) is 1.36. The van der Waals surface area contributed by atoms with Gasteiger partial charge < -0.3 is 4.79 Å². The van der Waals surface area contributed by atoms with Gasteiger partial charge in [-0.3, -0.25) is 4.18 Å². The fraction of sp³-hybridized carbons (Fsp3) is 0.667. The maximum atomic E-state index is 11.0. The van der Waals surface area contributed by atoms with Crippen LogP contribution in [-0.2, 0) is 19.1 Å². The van der Waals surface area contributed by atoms with E-state index in [9.17, 15) is 8.42 Å². The molecule has 0 bridgehead atoms. The highest BCUT2D eigenvalue weighted by Gasteiger charge is 2.08. The van der Waals surface area contributed by atoms with Gasteiger partial charge in [-0.1, -0.05) is 25.8 Å². The Bertz CT molecular complexity index is 221. The standard InChI is InChI=1S/C8H16O3S.CH2O/c1-3-5-6-8-12(9,10)11-7-4-2;1-2/h4H,2-3,5-8H2,1H3;1H2. The molecule has 0 rings (SSSR count). The maximum absolute atomic E-state index is 11.0. The summed E-state index contributed by atoms with van der Waals surface area (Å²) in [5, 5.41) is 0. The number of unbranched alkanes of at least 4 members (excludes halogenated alkanes) is 2. The first-order valence-corrected chi connectivity index (χ1v) is 5.97. The predicted molar refractivity (Wildman–Crippen MR) is 56.6 cm³/mol. The van der Waals surface area contributed by atoms with Crippen molar-refractivity contribution >= 4 is 16.9 Å². The van der Waals surface area contributed by atoms with E-state index >= 15 is 0 Å². The molecule has 0 N–H and O–H groups in total. The molecule has 4 nitrogen and oxygen atoms in total. The van der Waals surface area contributed by atoms with E-state index in [0.717, 1.165) is 12.8 Å². The second kappa shape index (κ2) is 10.4. The largest absolute Gasteiger partial charge is 0.307 e. The van der Waals surface area contributed by atoms with Gasteiger partial charge >= 0.3 is 0 Å². The molecule has 0 aliphatic heterocycles. The monoisotopic (exact) mass is 222 g/mol. The van der Waals surface area contributed by atoms with Crippen LogP contribution in [0.1, 0.15) is 26.2 Å². The zero-order valence-corrected chi connectivity index (χ0v) is 9.38. The normalized spacial score (nSPS) is 10.1. The number of carbonyl (C=O) groups excluding carboxylic acids is 1. The molecule has 0 unspecified atom stereocenters. The lowest BCUT2D eigenvalue weighted by Gasteiger charge is -2.01. The molecule has 0 fully saturated rings. The molecule has 0 aliphatic carbocycles. The number of rotatable bonds is 7. The zero-order chi connectivity index (χ0) is 11.4. The molecular formula is C9H18O4S. The minimum Gasteiger partial charge on any atom is -0.307 e. The van der Waals surface area contributed by atoms with E-state index in [0.29, 0.717) is 6.42 Å². The molecule has 0 spiro atoms. The fourth-order valence-corrected chi connectivity index (χ4v) is 1.72. The molecule has 5 heteroatoms. The average Bonchev–Trinajstić information content (AvgIpc) is 2.18. The Morgan fingerprint density at radius 1 is 1.29 bits per heavy atom. The molecule has 0 saturated heterocycles. The summed E-state index contributed by atoms with van der Waals surface area (Å²) in [6, 6.07) is 0. The third kappa shape index (κ3) is 11.3. The molecule has 0 saturated carbocycles. The fourth-order valence-electron chi connectivity index (χ4n) is 0.740. The molecular weight excluding hydrogens is 204 g/mol. The van der Waals surface area contributed by atoms with Gasteiger partial charge in [0.25, 0.3) is 10.1 Å². The van der Waals surface area contributed by atoms with Crippen LogP contribution in [0.4, 0.5) is 0 Å². The number of hydrogen-bond acceptors (Lipinski definition) is 4. The molecule has 84 valence electrons. The highest BCUT2D eigenvalue weighted by Crippen LogP contribution is 2.01. The average molecular weight is 222 g/mol. The summed E-state index contributed by atoms with van der Waals surface area (Å²) in [4.78, 5) is 8.00. The van der Waals surface area contributed by atoms with Crippen LogP contribution in [-0.4, -0.2) is 27.6 Å². The van der Waals surface area contributed by atoms with Crippen LogP contribution < -0.4 is 0 Å². The lowest BCUT2D eigenvalue weighted by molar-refractivity contribution is -0.0979. The summed E-state index contributed by atoms with van der Waals surface area (Å²) in [6.45, 7) is 7.47. The van der Waals surface area contributed by atoms with E-state index in [4.69, 9.17) is 4.79 Å². The van der Waals surface area contributed by atoms with Gasteiger partial charge in [0, 0.05) is 0 Å². The lowest BCUT2D eigenvalue weighted by atomic mass is 10.3. The predicted octanol–water partition coefficient (Wildman–Crippen LogP) is 1.52. The molecule has 0 atom stereocenters. The highest BCUT2D eigenvalue weighted by molar-refractivity contribution is 7.86. The van der Waals surface area contributed by atoms with Crippen LogP contribution in [0.25, 0.3) is 0 Å². The minimum absolute atomic E-state index is 0.0778. The van der Waals surface area contributed by atoms with Gasteiger partial charge in [0.15, 0.2) is 0 Å². The topological polar surface area (TPSA) is 60.4 Å².